The molecule has 2 N–H and O–H groups in total. The van der Waals surface area contributed by atoms with Crippen molar-refractivity contribution in [2.75, 3.05) is 19.0 Å². The Bertz CT molecular complexity index is 2820. The summed E-state index contributed by atoms with van der Waals surface area (Å²) in [4.78, 5) is 29.5. The molecule has 7 aromatic rings. The zero-order valence-corrected chi connectivity index (χ0v) is 31.5. The normalized spacial score (nSPS) is 12.2. The van der Waals surface area contributed by atoms with E-state index >= 15 is 0 Å². The van der Waals surface area contributed by atoms with Gasteiger partial charge in [-0.1, -0.05) is 120 Å². The second-order valence-electron chi connectivity index (χ2n) is 14.6. The Hall–Kier alpha value is -6.92. The summed E-state index contributed by atoms with van der Waals surface area (Å²) in [6.45, 7) is 6.26. The Kier molecular flexibility index (Phi) is 8.31. The van der Waals surface area contributed by atoms with Gasteiger partial charge in [-0.25, -0.2) is 9.78 Å². The van der Waals surface area contributed by atoms with Crippen LogP contribution in [-0.2, 0) is 0 Å². The zero-order valence-electron chi connectivity index (χ0n) is 31.5. The van der Waals surface area contributed by atoms with Crippen molar-refractivity contribution in [3.8, 4) is 50.3 Å². The van der Waals surface area contributed by atoms with Crippen LogP contribution in [-0.4, -0.2) is 35.0 Å². The molecule has 0 radical (unpaired) electrons. The van der Waals surface area contributed by atoms with Crippen molar-refractivity contribution in [1.82, 2.24) is 15.0 Å². The maximum atomic E-state index is 14.6. The van der Waals surface area contributed by atoms with Crippen molar-refractivity contribution < 1.29 is 9.53 Å². The van der Waals surface area contributed by atoms with Gasteiger partial charge < -0.3 is 19.6 Å². The molecule has 0 spiro atoms. The Balaban J connectivity index is 1.54. The van der Waals surface area contributed by atoms with Crippen molar-refractivity contribution in [3.05, 3.63) is 161 Å². The van der Waals surface area contributed by atoms with E-state index < -0.39 is 5.97 Å². The van der Waals surface area contributed by atoms with E-state index in [1.165, 1.54) is 11.1 Å². The number of rotatable bonds is 5. The number of aromatic nitrogens is 3. The van der Waals surface area contributed by atoms with Gasteiger partial charge in [-0.15, -0.1) is 0 Å². The van der Waals surface area contributed by atoms with Crippen LogP contribution in [0.3, 0.4) is 0 Å². The fourth-order valence-electron chi connectivity index (χ4n) is 7.72. The number of nitrogens with zero attached hydrogens (tertiary/aromatic N) is 2. The highest BCUT2D eigenvalue weighted by Gasteiger charge is 2.33. The monoisotopic (exact) mass is 716 g/mol. The Morgan fingerprint density at radius 1 is 0.473 bits per heavy atom. The topological polar surface area (TPSA) is 74.0 Å². The molecule has 0 saturated heterocycles. The van der Waals surface area contributed by atoms with E-state index in [9.17, 15) is 4.79 Å². The summed E-state index contributed by atoms with van der Waals surface area (Å²) in [6, 6.07) is 43.9. The number of esters is 1. The number of aromatic amines is 2. The average molecular weight is 717 g/mol. The minimum absolute atomic E-state index is 0.411. The highest BCUT2D eigenvalue weighted by atomic mass is 16.5. The molecule has 0 unspecified atom stereocenters. The van der Waals surface area contributed by atoms with E-state index in [1.807, 2.05) is 37.2 Å². The molecule has 0 atom stereocenters. The summed E-state index contributed by atoms with van der Waals surface area (Å²) in [6.07, 6.45) is 4.22. The predicted octanol–water partition coefficient (Wildman–Crippen LogP) is 12.0. The van der Waals surface area contributed by atoms with E-state index in [1.54, 1.807) is 0 Å². The number of benzene rings is 4. The summed E-state index contributed by atoms with van der Waals surface area (Å²) < 4.78 is 6.48. The molecule has 268 valence electrons. The van der Waals surface area contributed by atoms with Crippen molar-refractivity contribution >= 4 is 45.9 Å². The maximum absolute atomic E-state index is 14.6. The molecule has 0 amide bonds. The van der Waals surface area contributed by atoms with Crippen LogP contribution < -0.4 is 9.64 Å². The molecule has 2 aliphatic rings. The first-order chi connectivity index (χ1) is 26.7. The smallest absolute Gasteiger partial charge is 0.346 e. The summed E-state index contributed by atoms with van der Waals surface area (Å²) in [5.74, 6) is 0.0807. The van der Waals surface area contributed by atoms with Crippen LogP contribution in [0.1, 0.15) is 38.4 Å². The highest BCUT2D eigenvalue weighted by molar-refractivity contribution is 6.14. The Labute approximate surface area is 320 Å². The molecule has 5 heterocycles. The lowest BCUT2D eigenvalue weighted by Gasteiger charge is -2.15. The van der Waals surface area contributed by atoms with Gasteiger partial charge in [0.1, 0.15) is 0 Å². The number of fused-ring (bicyclic) bond motifs is 8. The first-order valence-corrected chi connectivity index (χ1v) is 18.5. The van der Waals surface area contributed by atoms with Gasteiger partial charge in [-0.2, -0.15) is 0 Å². The number of H-pyrrole nitrogens is 2. The van der Waals surface area contributed by atoms with E-state index in [0.29, 0.717) is 17.0 Å². The standard InChI is InChI=1S/C49H40N4O2/c1-29-11-17-33(18-12-29)42-36-23-24-37(50-36)43(34-19-13-30(2)14-20-34)39-26-28-41(52-39)45(32-9-7-6-8-10-32)48-47(53(4)5)46(49(54)55-48)44(40-27-25-38(42)51-40)35-21-15-31(3)16-22-35/h6-28,51-52H,1-5H3. The number of nitrogens with one attached hydrogen (secondary N) is 2. The molecule has 4 aromatic carbocycles. The minimum atomic E-state index is -0.411. The number of hydrogen-bond acceptors (Lipinski definition) is 4. The van der Waals surface area contributed by atoms with Crippen molar-refractivity contribution in [1.29, 1.82) is 0 Å². The fourth-order valence-corrected chi connectivity index (χ4v) is 7.72. The molecule has 55 heavy (non-hydrogen) atoms. The molecule has 2 aliphatic heterocycles. The average Bonchev–Trinajstić information content (AvgIpc) is 4.01. The van der Waals surface area contributed by atoms with Gasteiger partial charge in [0.05, 0.1) is 33.7 Å². The fraction of sp³-hybridized carbons (Fsp3) is 0.102. The maximum Gasteiger partial charge on any atom is 0.346 e. The molecule has 0 saturated carbocycles. The van der Waals surface area contributed by atoms with E-state index in [2.05, 4.69) is 152 Å². The van der Waals surface area contributed by atoms with Gasteiger partial charge in [0.25, 0.3) is 0 Å². The summed E-state index contributed by atoms with van der Waals surface area (Å²) >= 11 is 0. The Morgan fingerprint density at radius 3 is 1.33 bits per heavy atom. The minimum Gasteiger partial charge on any atom is -0.420 e. The second-order valence-corrected chi connectivity index (χ2v) is 14.6. The quantitative estimate of drug-likeness (QED) is 0.174. The van der Waals surface area contributed by atoms with Gasteiger partial charge in [0.15, 0.2) is 5.75 Å². The van der Waals surface area contributed by atoms with Crippen molar-refractivity contribution in [2.24, 2.45) is 0 Å². The zero-order chi connectivity index (χ0) is 37.8. The third-order valence-corrected chi connectivity index (χ3v) is 10.5. The number of anilines is 1. The molecule has 6 nitrogen and oxygen atoms in total. The molecule has 3 aromatic heterocycles. The lowest BCUT2D eigenvalue weighted by Crippen LogP contribution is -2.10. The second kappa shape index (κ2) is 13.5. The number of hydrogen-bond donors (Lipinski definition) is 2. The molecule has 0 aliphatic carbocycles. The van der Waals surface area contributed by atoms with Crippen LogP contribution in [0.2, 0.25) is 0 Å². The predicted molar refractivity (Wildman–Crippen MR) is 227 cm³/mol. The van der Waals surface area contributed by atoms with Crippen molar-refractivity contribution in [3.63, 3.8) is 0 Å². The summed E-state index contributed by atoms with van der Waals surface area (Å²) in [5.41, 5.74) is 17.1. The SMILES string of the molecule is Cc1ccc(-c2c3nc(c(-c4ccc(C)cc4)c4ccc([nH]4)c(-c4ccc(C)cc4)c4c(N(C)C)c(c(-c5ccccc5)c5ccc2[nH]5)OC4=O)C=C3)cc1. The van der Waals surface area contributed by atoms with E-state index in [4.69, 9.17) is 9.72 Å². The van der Waals surface area contributed by atoms with Crippen molar-refractivity contribution in [2.45, 2.75) is 20.8 Å². The number of carbonyl (C=O) groups is 1. The number of aryl methyl sites for hydroxylation is 3. The van der Waals surface area contributed by atoms with Gasteiger partial charge in [-0.3, -0.25) is 0 Å². The first kappa shape index (κ1) is 33.9. The number of carbonyl (C=O) groups excluding carboxylic acids is 1. The highest BCUT2D eigenvalue weighted by Crippen LogP contribution is 2.48. The van der Waals surface area contributed by atoms with Gasteiger partial charge >= 0.3 is 5.97 Å². The lowest BCUT2D eigenvalue weighted by molar-refractivity contribution is 0.0755. The van der Waals surface area contributed by atoms with Crippen LogP contribution in [0.4, 0.5) is 5.69 Å². The molecule has 8 bridgehead atoms. The van der Waals surface area contributed by atoms with Crippen LogP contribution in [0.15, 0.2) is 127 Å². The largest absolute Gasteiger partial charge is 0.420 e. The Morgan fingerprint density at radius 2 is 0.873 bits per heavy atom. The van der Waals surface area contributed by atoms with Gasteiger partial charge in [0.2, 0.25) is 0 Å². The van der Waals surface area contributed by atoms with Crippen LogP contribution in [0.5, 0.6) is 5.75 Å². The summed E-state index contributed by atoms with van der Waals surface area (Å²) in [5, 5.41) is 0. The van der Waals surface area contributed by atoms with E-state index in [0.717, 1.165) is 83.5 Å². The van der Waals surface area contributed by atoms with Crippen LogP contribution in [0.25, 0.3) is 78.7 Å². The molecular weight excluding hydrogens is 677 g/mol. The van der Waals surface area contributed by atoms with Crippen LogP contribution >= 0.6 is 0 Å². The lowest BCUT2D eigenvalue weighted by atomic mass is 9.97. The van der Waals surface area contributed by atoms with Gasteiger partial charge in [0, 0.05) is 47.3 Å². The first-order valence-electron chi connectivity index (χ1n) is 18.5. The summed E-state index contributed by atoms with van der Waals surface area (Å²) in [7, 11) is 3.94. The third kappa shape index (κ3) is 6.02. The third-order valence-electron chi connectivity index (χ3n) is 10.5. The molecule has 9 rings (SSSR count). The molecular formula is C49H40N4O2. The van der Waals surface area contributed by atoms with E-state index in [-0.39, 0.29) is 0 Å². The number of ether oxygens (including phenoxy) is 1. The van der Waals surface area contributed by atoms with Crippen LogP contribution in [0, 0.1) is 20.8 Å². The molecule has 0 fully saturated rings. The van der Waals surface area contributed by atoms with Gasteiger partial charge in [-0.05, 0) is 79.4 Å². The molecule has 6 heteroatoms.